The quantitative estimate of drug-likeness (QED) is 0.676. The molecule has 100 valence electrons. The molecule has 17 heavy (non-hydrogen) atoms. The van der Waals surface area contributed by atoms with Gasteiger partial charge in [-0.3, -0.25) is 5.01 Å². The highest BCUT2D eigenvalue weighted by Crippen LogP contribution is 2.30. The Balaban J connectivity index is 2.50. The fourth-order valence-electron chi connectivity index (χ4n) is 1.92. The number of hydrogen-bond donors (Lipinski definition) is 0. The Labute approximate surface area is 100 Å². The Morgan fingerprint density at radius 2 is 1.88 bits per heavy atom. The normalized spacial score (nSPS) is 20.4. The molecule has 0 aromatic heterocycles. The van der Waals surface area contributed by atoms with E-state index >= 15 is 0 Å². The van der Waals surface area contributed by atoms with Gasteiger partial charge in [0.05, 0.1) is 0 Å². The predicted octanol–water partition coefficient (Wildman–Crippen LogP) is 3.04. The topological polar surface area (TPSA) is 18.8 Å². The van der Waals surface area contributed by atoms with Crippen molar-refractivity contribution in [3.05, 3.63) is 0 Å². The Morgan fingerprint density at radius 3 is 2.41 bits per heavy atom. The molecule has 0 aliphatic carbocycles. The van der Waals surface area contributed by atoms with Crippen LogP contribution in [-0.4, -0.2) is 41.7 Å². The van der Waals surface area contributed by atoms with Gasteiger partial charge < -0.3 is 4.90 Å². The van der Waals surface area contributed by atoms with Gasteiger partial charge in [0.2, 0.25) is 6.17 Å². The zero-order chi connectivity index (χ0) is 12.9. The summed E-state index contributed by atoms with van der Waals surface area (Å²) in [6.45, 7) is 4.47. The summed E-state index contributed by atoms with van der Waals surface area (Å²) in [6, 6.07) is 0. The molecule has 0 N–H and O–H groups in total. The van der Waals surface area contributed by atoms with Crippen LogP contribution in [0.2, 0.25) is 0 Å². The van der Waals surface area contributed by atoms with E-state index in [1.54, 1.807) is 6.92 Å². The van der Waals surface area contributed by atoms with Crippen LogP contribution in [0.3, 0.4) is 0 Å². The molecule has 0 saturated heterocycles. The summed E-state index contributed by atoms with van der Waals surface area (Å²) in [7, 11) is 0. The van der Waals surface area contributed by atoms with Gasteiger partial charge in [-0.05, 0) is 13.3 Å². The van der Waals surface area contributed by atoms with Gasteiger partial charge in [0.15, 0.2) is 0 Å². The summed E-state index contributed by atoms with van der Waals surface area (Å²) >= 11 is 0. The minimum Gasteiger partial charge on any atom is -0.332 e. The van der Waals surface area contributed by atoms with E-state index in [2.05, 4.69) is 12.0 Å². The Morgan fingerprint density at radius 1 is 1.18 bits per heavy atom. The Kier molecular flexibility index (Phi) is 5.08. The van der Waals surface area contributed by atoms with Crippen molar-refractivity contribution in [2.24, 2.45) is 5.10 Å². The molecule has 0 fully saturated rings. The lowest BCUT2D eigenvalue weighted by atomic mass is 10.2. The largest absolute Gasteiger partial charge is 0.429 e. The van der Waals surface area contributed by atoms with Crippen LogP contribution in [0.15, 0.2) is 5.10 Å². The molecule has 0 bridgehead atoms. The molecule has 0 spiro atoms. The number of unbranched alkanes of at least 4 members (excludes halogenated alkanes) is 3. The third kappa shape index (κ3) is 3.78. The summed E-state index contributed by atoms with van der Waals surface area (Å²) in [4.78, 5) is 1.22. The van der Waals surface area contributed by atoms with Gasteiger partial charge in [0.25, 0.3) is 0 Å². The minimum absolute atomic E-state index is 0.319. The molecule has 0 radical (unpaired) electrons. The van der Waals surface area contributed by atoms with E-state index in [9.17, 15) is 13.2 Å². The summed E-state index contributed by atoms with van der Waals surface area (Å²) in [6.07, 6.45) is -0.683. The van der Waals surface area contributed by atoms with Crippen molar-refractivity contribution in [3.8, 4) is 0 Å². The Hall–Kier alpha value is -0.940. The molecular weight excluding hydrogens is 231 g/mol. The zero-order valence-corrected chi connectivity index (χ0v) is 10.4. The van der Waals surface area contributed by atoms with E-state index in [1.165, 1.54) is 11.2 Å². The van der Waals surface area contributed by atoms with Crippen molar-refractivity contribution < 1.29 is 13.2 Å². The fraction of sp³-hybridized carbons (Fsp3) is 0.909. The third-order valence-electron chi connectivity index (χ3n) is 2.84. The summed E-state index contributed by atoms with van der Waals surface area (Å²) < 4.78 is 38.6. The lowest BCUT2D eigenvalue weighted by Gasteiger charge is -2.31. The molecule has 6 heteroatoms. The monoisotopic (exact) mass is 251 g/mol. The molecule has 3 nitrogen and oxygen atoms in total. The smallest absolute Gasteiger partial charge is 0.332 e. The summed E-state index contributed by atoms with van der Waals surface area (Å²) in [5.74, 6) is 0. The van der Waals surface area contributed by atoms with Crippen LogP contribution in [0.25, 0.3) is 0 Å². The maximum absolute atomic E-state index is 12.9. The van der Waals surface area contributed by atoms with Gasteiger partial charge in [-0.25, -0.2) is 0 Å². The van der Waals surface area contributed by atoms with Crippen molar-refractivity contribution in [2.75, 3.05) is 13.1 Å². The molecule has 1 aliphatic heterocycles. The highest BCUT2D eigenvalue weighted by Gasteiger charge is 2.48. The first-order chi connectivity index (χ1) is 8.00. The molecule has 0 saturated carbocycles. The fourth-order valence-corrected chi connectivity index (χ4v) is 1.92. The zero-order valence-electron chi connectivity index (χ0n) is 10.4. The van der Waals surface area contributed by atoms with Crippen LogP contribution in [-0.2, 0) is 0 Å². The predicted molar refractivity (Wildman–Crippen MR) is 61.6 cm³/mol. The van der Waals surface area contributed by atoms with E-state index in [1.807, 2.05) is 0 Å². The van der Waals surface area contributed by atoms with Crippen molar-refractivity contribution in [3.63, 3.8) is 0 Å². The second kappa shape index (κ2) is 6.12. The van der Waals surface area contributed by atoms with E-state index in [0.717, 1.165) is 30.7 Å². The van der Waals surface area contributed by atoms with Gasteiger partial charge in [-0.15, -0.1) is 0 Å². The van der Waals surface area contributed by atoms with Crippen LogP contribution in [0.4, 0.5) is 13.2 Å². The number of alkyl halides is 3. The van der Waals surface area contributed by atoms with E-state index in [4.69, 9.17) is 0 Å². The van der Waals surface area contributed by atoms with E-state index in [-0.39, 0.29) is 0 Å². The third-order valence-corrected chi connectivity index (χ3v) is 2.84. The molecule has 1 aliphatic rings. The second-order valence-electron chi connectivity index (χ2n) is 4.20. The highest BCUT2D eigenvalue weighted by molar-refractivity contribution is 5.57. The molecule has 0 aromatic carbocycles. The molecule has 1 unspecified atom stereocenters. The summed E-state index contributed by atoms with van der Waals surface area (Å²) in [5, 5.41) is 5.00. The lowest BCUT2D eigenvalue weighted by Crippen LogP contribution is -2.50. The van der Waals surface area contributed by atoms with Crippen molar-refractivity contribution in [2.45, 2.75) is 51.9 Å². The first kappa shape index (κ1) is 14.1. The van der Waals surface area contributed by atoms with Crippen molar-refractivity contribution >= 4 is 6.34 Å². The average molecular weight is 251 g/mol. The van der Waals surface area contributed by atoms with Crippen LogP contribution in [0.1, 0.15) is 39.5 Å². The number of hydrogen-bond acceptors (Lipinski definition) is 3. The van der Waals surface area contributed by atoms with Crippen LogP contribution in [0, 0.1) is 0 Å². The first-order valence-corrected chi connectivity index (χ1v) is 6.14. The lowest BCUT2D eigenvalue weighted by molar-refractivity contribution is -0.207. The highest BCUT2D eigenvalue weighted by atomic mass is 19.4. The number of nitrogens with zero attached hydrogens (tertiary/aromatic N) is 3. The van der Waals surface area contributed by atoms with Crippen LogP contribution >= 0.6 is 0 Å². The van der Waals surface area contributed by atoms with Gasteiger partial charge in [0, 0.05) is 13.1 Å². The molecule has 1 heterocycles. The SMILES string of the molecule is CCCCCCN1N=CN(CC)C1C(F)(F)F. The number of halogens is 3. The molecule has 1 rings (SSSR count). The average Bonchev–Trinajstić information content (AvgIpc) is 2.67. The molecule has 1 atom stereocenters. The maximum atomic E-state index is 12.9. The first-order valence-electron chi connectivity index (χ1n) is 6.14. The maximum Gasteiger partial charge on any atom is 0.429 e. The summed E-state index contributed by atoms with van der Waals surface area (Å²) in [5.41, 5.74) is 0. The Bertz CT molecular complexity index is 253. The van der Waals surface area contributed by atoms with Crippen LogP contribution in [0.5, 0.6) is 0 Å². The van der Waals surface area contributed by atoms with E-state index in [0.29, 0.717) is 13.1 Å². The molecule has 0 amide bonds. The molecular formula is C11H20F3N3. The van der Waals surface area contributed by atoms with Gasteiger partial charge in [-0.1, -0.05) is 26.2 Å². The number of rotatable bonds is 6. The van der Waals surface area contributed by atoms with Crippen molar-refractivity contribution in [1.82, 2.24) is 9.91 Å². The van der Waals surface area contributed by atoms with Crippen LogP contribution < -0.4 is 0 Å². The van der Waals surface area contributed by atoms with E-state index < -0.39 is 12.3 Å². The van der Waals surface area contributed by atoms with Gasteiger partial charge >= 0.3 is 6.18 Å². The van der Waals surface area contributed by atoms with Gasteiger partial charge in [0.1, 0.15) is 6.34 Å². The standard InChI is InChI=1S/C11H20F3N3/c1-3-5-6-7-8-17-10(11(12,13)14)16(4-2)9-15-17/h9-10H,3-8H2,1-2H3. The van der Waals surface area contributed by atoms with Gasteiger partial charge in [-0.2, -0.15) is 18.3 Å². The van der Waals surface area contributed by atoms with Crippen molar-refractivity contribution in [1.29, 1.82) is 0 Å². The second-order valence-corrected chi connectivity index (χ2v) is 4.20. The number of hydrazone groups is 1. The minimum atomic E-state index is -4.25. The molecule has 0 aromatic rings.